The van der Waals surface area contributed by atoms with E-state index in [1.54, 1.807) is 23.0 Å². The first-order valence-corrected chi connectivity index (χ1v) is 6.22. The number of aromatic nitrogens is 3. The highest BCUT2D eigenvalue weighted by atomic mass is 19.1. The van der Waals surface area contributed by atoms with Crippen molar-refractivity contribution >= 4 is 0 Å². The minimum Gasteiger partial charge on any atom is -0.318 e. The molecule has 2 N–H and O–H groups in total. The minimum absolute atomic E-state index is 0.213. The van der Waals surface area contributed by atoms with Crippen LogP contribution in [-0.2, 0) is 0 Å². The molecule has 2 aromatic heterocycles. The summed E-state index contributed by atoms with van der Waals surface area (Å²) < 4.78 is 15.5. The van der Waals surface area contributed by atoms with Crippen LogP contribution in [0, 0.1) is 5.82 Å². The van der Waals surface area contributed by atoms with Crippen molar-refractivity contribution in [3.8, 4) is 5.69 Å². The van der Waals surface area contributed by atoms with E-state index in [0.717, 1.165) is 5.69 Å². The lowest BCUT2D eigenvalue weighted by Gasteiger charge is -2.14. The van der Waals surface area contributed by atoms with E-state index in [-0.39, 0.29) is 5.69 Å². The van der Waals surface area contributed by atoms with Gasteiger partial charge in [-0.2, -0.15) is 5.10 Å². The molecule has 100 valence electrons. The Morgan fingerprint density at radius 2 is 1.80 bits per heavy atom. The number of hydrogen-bond acceptors (Lipinski definition) is 3. The second kappa shape index (κ2) is 5.22. The van der Waals surface area contributed by atoms with Crippen molar-refractivity contribution in [2.24, 2.45) is 5.73 Å². The number of hydrogen-bond donors (Lipinski definition) is 1. The van der Waals surface area contributed by atoms with Crippen LogP contribution in [-0.4, -0.2) is 14.8 Å². The van der Waals surface area contributed by atoms with Crippen LogP contribution in [0.1, 0.15) is 17.4 Å². The SMILES string of the molecule is NC(c1ncccc1F)c1ccnn1-c1ccccc1. The maximum absolute atomic E-state index is 13.8. The fourth-order valence-corrected chi connectivity index (χ4v) is 2.10. The highest BCUT2D eigenvalue weighted by Gasteiger charge is 2.19. The Morgan fingerprint density at radius 1 is 1.00 bits per heavy atom. The fraction of sp³-hybridized carbons (Fsp3) is 0.0667. The Balaban J connectivity index is 2.04. The van der Waals surface area contributed by atoms with Gasteiger partial charge in [0.05, 0.1) is 23.1 Å². The smallest absolute Gasteiger partial charge is 0.146 e. The van der Waals surface area contributed by atoms with Gasteiger partial charge in [0.25, 0.3) is 0 Å². The molecule has 3 rings (SSSR count). The van der Waals surface area contributed by atoms with E-state index in [2.05, 4.69) is 10.1 Å². The zero-order valence-corrected chi connectivity index (χ0v) is 10.6. The van der Waals surface area contributed by atoms with Crippen molar-refractivity contribution in [1.29, 1.82) is 0 Å². The van der Waals surface area contributed by atoms with Crippen molar-refractivity contribution < 1.29 is 4.39 Å². The first kappa shape index (κ1) is 12.5. The molecule has 2 heterocycles. The molecule has 0 saturated carbocycles. The molecule has 0 spiro atoms. The van der Waals surface area contributed by atoms with E-state index >= 15 is 0 Å². The molecule has 4 nitrogen and oxygen atoms in total. The topological polar surface area (TPSA) is 56.7 Å². The quantitative estimate of drug-likeness (QED) is 0.793. The number of pyridine rings is 1. The molecule has 5 heteroatoms. The Labute approximate surface area is 115 Å². The molecule has 3 aromatic rings. The summed E-state index contributed by atoms with van der Waals surface area (Å²) in [6, 6.07) is 13.6. The summed E-state index contributed by atoms with van der Waals surface area (Å²) in [6.07, 6.45) is 3.17. The van der Waals surface area contributed by atoms with E-state index in [4.69, 9.17) is 5.73 Å². The third-order valence-electron chi connectivity index (χ3n) is 3.07. The summed E-state index contributed by atoms with van der Waals surface area (Å²) in [5, 5.41) is 4.25. The summed E-state index contributed by atoms with van der Waals surface area (Å²) in [5.74, 6) is -0.416. The summed E-state index contributed by atoms with van der Waals surface area (Å²) in [6.45, 7) is 0. The van der Waals surface area contributed by atoms with Gasteiger partial charge in [-0.3, -0.25) is 4.98 Å². The zero-order chi connectivity index (χ0) is 13.9. The minimum atomic E-state index is -0.668. The van der Waals surface area contributed by atoms with Crippen LogP contribution in [0.3, 0.4) is 0 Å². The molecular weight excluding hydrogens is 255 g/mol. The van der Waals surface area contributed by atoms with Gasteiger partial charge in [-0.15, -0.1) is 0 Å². The molecule has 0 aliphatic rings. The van der Waals surface area contributed by atoms with Crippen molar-refractivity contribution in [1.82, 2.24) is 14.8 Å². The third-order valence-corrected chi connectivity index (χ3v) is 3.07. The van der Waals surface area contributed by atoms with Crippen LogP contribution in [0.5, 0.6) is 0 Å². The van der Waals surface area contributed by atoms with Crippen LogP contribution >= 0.6 is 0 Å². The Kier molecular flexibility index (Phi) is 3.26. The number of rotatable bonds is 3. The van der Waals surface area contributed by atoms with E-state index < -0.39 is 11.9 Å². The predicted molar refractivity (Wildman–Crippen MR) is 73.8 cm³/mol. The molecule has 1 aromatic carbocycles. The van der Waals surface area contributed by atoms with E-state index in [1.165, 1.54) is 12.3 Å². The summed E-state index contributed by atoms with van der Waals surface area (Å²) in [4.78, 5) is 4.03. The molecular formula is C15H13FN4. The van der Waals surface area contributed by atoms with Gasteiger partial charge in [0, 0.05) is 12.4 Å². The average Bonchev–Trinajstić information content (AvgIpc) is 2.97. The summed E-state index contributed by atoms with van der Waals surface area (Å²) >= 11 is 0. The maximum atomic E-state index is 13.8. The Bertz CT molecular complexity index is 709. The molecule has 0 bridgehead atoms. The average molecular weight is 268 g/mol. The zero-order valence-electron chi connectivity index (χ0n) is 10.6. The monoisotopic (exact) mass is 268 g/mol. The Hall–Kier alpha value is -2.53. The predicted octanol–water partition coefficient (Wildman–Crippen LogP) is 2.45. The van der Waals surface area contributed by atoms with Crippen LogP contribution in [0.15, 0.2) is 60.9 Å². The molecule has 0 radical (unpaired) electrons. The van der Waals surface area contributed by atoms with Crippen LogP contribution in [0.2, 0.25) is 0 Å². The second-order valence-electron chi connectivity index (χ2n) is 4.35. The normalized spacial score (nSPS) is 12.3. The van der Waals surface area contributed by atoms with Crippen molar-refractivity contribution in [2.45, 2.75) is 6.04 Å². The molecule has 0 saturated heterocycles. The van der Waals surface area contributed by atoms with Crippen LogP contribution in [0.4, 0.5) is 4.39 Å². The van der Waals surface area contributed by atoms with Crippen molar-refractivity contribution in [3.05, 3.63) is 78.1 Å². The first-order valence-electron chi connectivity index (χ1n) is 6.22. The molecule has 20 heavy (non-hydrogen) atoms. The lowest BCUT2D eigenvalue weighted by atomic mass is 10.1. The van der Waals surface area contributed by atoms with Crippen molar-refractivity contribution in [3.63, 3.8) is 0 Å². The van der Waals surface area contributed by atoms with E-state index in [1.807, 2.05) is 30.3 Å². The molecule has 1 unspecified atom stereocenters. The highest BCUT2D eigenvalue weighted by Crippen LogP contribution is 2.22. The molecule has 0 aliphatic carbocycles. The lowest BCUT2D eigenvalue weighted by Crippen LogP contribution is -2.19. The van der Waals surface area contributed by atoms with Gasteiger partial charge in [0.2, 0.25) is 0 Å². The van der Waals surface area contributed by atoms with Gasteiger partial charge >= 0.3 is 0 Å². The molecule has 0 fully saturated rings. The number of halogens is 1. The molecule has 0 aliphatic heterocycles. The number of para-hydroxylation sites is 1. The van der Waals surface area contributed by atoms with Gasteiger partial charge in [0.15, 0.2) is 0 Å². The largest absolute Gasteiger partial charge is 0.318 e. The second-order valence-corrected chi connectivity index (χ2v) is 4.35. The van der Waals surface area contributed by atoms with Crippen molar-refractivity contribution in [2.75, 3.05) is 0 Å². The Morgan fingerprint density at radius 3 is 2.55 bits per heavy atom. The first-order chi connectivity index (χ1) is 9.77. The van der Waals surface area contributed by atoms with Crippen LogP contribution in [0.25, 0.3) is 5.69 Å². The highest BCUT2D eigenvalue weighted by molar-refractivity contribution is 5.35. The fourth-order valence-electron chi connectivity index (χ4n) is 2.10. The number of nitrogens with two attached hydrogens (primary N) is 1. The lowest BCUT2D eigenvalue weighted by molar-refractivity contribution is 0.578. The van der Waals surface area contributed by atoms with Gasteiger partial charge in [-0.05, 0) is 30.3 Å². The van der Waals surface area contributed by atoms with Crippen LogP contribution < -0.4 is 5.73 Å². The molecule has 0 amide bonds. The number of nitrogens with zero attached hydrogens (tertiary/aromatic N) is 3. The van der Waals surface area contributed by atoms with E-state index in [0.29, 0.717) is 5.69 Å². The summed E-state index contributed by atoms with van der Waals surface area (Å²) in [7, 11) is 0. The van der Waals surface area contributed by atoms with Gasteiger partial charge in [-0.1, -0.05) is 18.2 Å². The summed E-state index contributed by atoms with van der Waals surface area (Å²) in [5.41, 5.74) is 7.91. The van der Waals surface area contributed by atoms with Gasteiger partial charge in [0.1, 0.15) is 5.82 Å². The van der Waals surface area contributed by atoms with Gasteiger partial charge in [-0.25, -0.2) is 9.07 Å². The van der Waals surface area contributed by atoms with E-state index in [9.17, 15) is 4.39 Å². The van der Waals surface area contributed by atoms with Gasteiger partial charge < -0.3 is 5.73 Å². The third kappa shape index (κ3) is 2.19. The number of benzene rings is 1. The maximum Gasteiger partial charge on any atom is 0.146 e. The molecule has 1 atom stereocenters. The standard InChI is InChI=1S/C15H13FN4/c16-12-7-4-9-18-15(12)14(17)13-8-10-19-20(13)11-5-2-1-3-6-11/h1-10,14H,17H2.